The van der Waals surface area contributed by atoms with E-state index in [-0.39, 0.29) is 0 Å². The molecular formula is C14H24N2. The maximum Gasteiger partial charge on any atom is 0.0220 e. The van der Waals surface area contributed by atoms with Gasteiger partial charge in [-0.1, -0.05) is 44.2 Å². The number of likely N-dealkylation sites (N-methyl/N-ethyl adjacent to an activating group) is 1. The Morgan fingerprint density at radius 3 is 2.25 bits per heavy atom. The second-order valence-electron chi connectivity index (χ2n) is 4.98. The maximum absolute atomic E-state index is 3.63. The highest BCUT2D eigenvalue weighted by atomic mass is 15.1. The fourth-order valence-electron chi connectivity index (χ4n) is 1.75. The van der Waals surface area contributed by atoms with Gasteiger partial charge in [-0.25, -0.2) is 0 Å². The SMILES string of the molecule is CC(C)C(CN(C)C)NCc1ccccc1. The summed E-state index contributed by atoms with van der Waals surface area (Å²) in [6.07, 6.45) is 0. The van der Waals surface area contributed by atoms with Gasteiger partial charge in [0.15, 0.2) is 0 Å². The minimum atomic E-state index is 0.551. The molecule has 0 aliphatic rings. The van der Waals surface area contributed by atoms with E-state index in [1.165, 1.54) is 5.56 Å². The Bertz CT molecular complexity index is 280. The molecule has 2 heteroatoms. The van der Waals surface area contributed by atoms with Crippen molar-refractivity contribution >= 4 is 0 Å². The summed E-state index contributed by atoms with van der Waals surface area (Å²) in [7, 11) is 4.25. The van der Waals surface area contributed by atoms with Gasteiger partial charge in [0.25, 0.3) is 0 Å². The maximum atomic E-state index is 3.63. The summed E-state index contributed by atoms with van der Waals surface area (Å²) < 4.78 is 0. The third-order valence-electron chi connectivity index (χ3n) is 2.78. The summed E-state index contributed by atoms with van der Waals surface area (Å²) in [5.41, 5.74) is 1.35. The average Bonchev–Trinajstić information content (AvgIpc) is 2.25. The van der Waals surface area contributed by atoms with E-state index < -0.39 is 0 Å². The monoisotopic (exact) mass is 220 g/mol. The molecule has 0 aliphatic carbocycles. The molecule has 0 aromatic heterocycles. The van der Waals surface area contributed by atoms with Crippen LogP contribution in [-0.2, 0) is 6.54 Å². The van der Waals surface area contributed by atoms with E-state index in [0.717, 1.165) is 13.1 Å². The topological polar surface area (TPSA) is 15.3 Å². The molecule has 1 aromatic rings. The summed E-state index contributed by atoms with van der Waals surface area (Å²) in [4.78, 5) is 2.24. The second-order valence-corrected chi connectivity index (χ2v) is 4.98. The molecular weight excluding hydrogens is 196 g/mol. The molecule has 0 aliphatic heterocycles. The molecule has 0 saturated carbocycles. The molecule has 1 N–H and O–H groups in total. The van der Waals surface area contributed by atoms with Crippen molar-refractivity contribution in [3.8, 4) is 0 Å². The van der Waals surface area contributed by atoms with Crippen LogP contribution >= 0.6 is 0 Å². The van der Waals surface area contributed by atoms with E-state index in [0.29, 0.717) is 12.0 Å². The van der Waals surface area contributed by atoms with Gasteiger partial charge in [0, 0.05) is 19.1 Å². The first kappa shape index (κ1) is 13.2. The van der Waals surface area contributed by atoms with Gasteiger partial charge in [0.2, 0.25) is 0 Å². The van der Waals surface area contributed by atoms with Crippen LogP contribution in [0.1, 0.15) is 19.4 Å². The number of hydrogen-bond donors (Lipinski definition) is 1. The Morgan fingerprint density at radius 2 is 1.75 bits per heavy atom. The van der Waals surface area contributed by atoms with Crippen LogP contribution in [0.3, 0.4) is 0 Å². The zero-order chi connectivity index (χ0) is 12.0. The average molecular weight is 220 g/mol. The zero-order valence-electron chi connectivity index (χ0n) is 10.9. The number of benzene rings is 1. The van der Waals surface area contributed by atoms with Crippen molar-refractivity contribution < 1.29 is 0 Å². The summed E-state index contributed by atoms with van der Waals surface area (Å²) in [6.45, 7) is 6.58. The first-order valence-corrected chi connectivity index (χ1v) is 6.01. The molecule has 0 amide bonds. The van der Waals surface area contributed by atoms with Crippen molar-refractivity contribution in [1.82, 2.24) is 10.2 Å². The predicted molar refractivity (Wildman–Crippen MR) is 70.5 cm³/mol. The highest BCUT2D eigenvalue weighted by Gasteiger charge is 2.13. The van der Waals surface area contributed by atoms with E-state index in [1.54, 1.807) is 0 Å². The lowest BCUT2D eigenvalue weighted by molar-refractivity contribution is 0.288. The molecule has 0 fully saturated rings. The van der Waals surface area contributed by atoms with Crippen LogP contribution < -0.4 is 5.32 Å². The Kier molecular flexibility index (Phi) is 5.50. The highest BCUT2D eigenvalue weighted by Crippen LogP contribution is 2.05. The first-order chi connectivity index (χ1) is 7.59. The van der Waals surface area contributed by atoms with Gasteiger partial charge in [0.05, 0.1) is 0 Å². The van der Waals surface area contributed by atoms with Gasteiger partial charge in [-0.3, -0.25) is 0 Å². The molecule has 1 aromatic carbocycles. The summed E-state index contributed by atoms with van der Waals surface area (Å²) in [5.74, 6) is 0.658. The van der Waals surface area contributed by atoms with Gasteiger partial charge in [0.1, 0.15) is 0 Å². The molecule has 0 saturated heterocycles. The minimum Gasteiger partial charge on any atom is -0.308 e. The van der Waals surface area contributed by atoms with Crippen LogP contribution in [0.5, 0.6) is 0 Å². The molecule has 90 valence electrons. The van der Waals surface area contributed by atoms with Crippen LogP contribution in [-0.4, -0.2) is 31.6 Å². The number of rotatable bonds is 6. The van der Waals surface area contributed by atoms with E-state index in [4.69, 9.17) is 0 Å². The van der Waals surface area contributed by atoms with Crippen LogP contribution in [0.15, 0.2) is 30.3 Å². The quantitative estimate of drug-likeness (QED) is 0.792. The molecule has 0 radical (unpaired) electrons. The van der Waals surface area contributed by atoms with Crippen LogP contribution in [0.25, 0.3) is 0 Å². The van der Waals surface area contributed by atoms with Gasteiger partial charge in [-0.2, -0.15) is 0 Å². The van der Waals surface area contributed by atoms with Crippen molar-refractivity contribution in [3.05, 3.63) is 35.9 Å². The molecule has 2 nitrogen and oxygen atoms in total. The first-order valence-electron chi connectivity index (χ1n) is 6.01. The van der Waals surface area contributed by atoms with Gasteiger partial charge in [-0.05, 0) is 25.6 Å². The largest absolute Gasteiger partial charge is 0.308 e. The van der Waals surface area contributed by atoms with Gasteiger partial charge < -0.3 is 10.2 Å². The van der Waals surface area contributed by atoms with Gasteiger partial charge >= 0.3 is 0 Å². The fraction of sp³-hybridized carbons (Fsp3) is 0.571. The van der Waals surface area contributed by atoms with Gasteiger partial charge in [-0.15, -0.1) is 0 Å². The Morgan fingerprint density at radius 1 is 1.12 bits per heavy atom. The smallest absolute Gasteiger partial charge is 0.0220 e. The Labute approximate surface area is 99.7 Å². The summed E-state index contributed by atoms with van der Waals surface area (Å²) in [6, 6.07) is 11.1. The van der Waals surface area contributed by atoms with E-state index >= 15 is 0 Å². The van der Waals surface area contributed by atoms with Crippen molar-refractivity contribution in [2.75, 3.05) is 20.6 Å². The zero-order valence-corrected chi connectivity index (χ0v) is 10.9. The lowest BCUT2D eigenvalue weighted by Crippen LogP contribution is -2.41. The second kappa shape index (κ2) is 6.66. The molecule has 1 rings (SSSR count). The van der Waals surface area contributed by atoms with Crippen LogP contribution in [0.4, 0.5) is 0 Å². The minimum absolute atomic E-state index is 0.551. The van der Waals surface area contributed by atoms with Crippen molar-refractivity contribution in [2.45, 2.75) is 26.4 Å². The molecule has 16 heavy (non-hydrogen) atoms. The standard InChI is InChI=1S/C14H24N2/c1-12(2)14(11-16(3)4)15-10-13-8-6-5-7-9-13/h5-9,12,14-15H,10-11H2,1-4H3. The van der Waals surface area contributed by atoms with Crippen molar-refractivity contribution in [3.63, 3.8) is 0 Å². The Hall–Kier alpha value is -0.860. The summed E-state index contributed by atoms with van der Waals surface area (Å²) in [5, 5.41) is 3.63. The molecule has 0 spiro atoms. The number of hydrogen-bond acceptors (Lipinski definition) is 2. The van der Waals surface area contributed by atoms with E-state index in [2.05, 4.69) is 68.5 Å². The molecule has 1 atom stereocenters. The van der Waals surface area contributed by atoms with E-state index in [9.17, 15) is 0 Å². The number of nitrogens with one attached hydrogen (secondary N) is 1. The third kappa shape index (κ3) is 4.77. The van der Waals surface area contributed by atoms with Crippen LogP contribution in [0, 0.1) is 5.92 Å². The molecule has 0 heterocycles. The lowest BCUT2D eigenvalue weighted by atomic mass is 10.0. The predicted octanol–water partition coefficient (Wildman–Crippen LogP) is 2.36. The van der Waals surface area contributed by atoms with Crippen LogP contribution in [0.2, 0.25) is 0 Å². The highest BCUT2D eigenvalue weighted by molar-refractivity contribution is 5.14. The Balaban J connectivity index is 2.44. The third-order valence-corrected chi connectivity index (χ3v) is 2.78. The number of nitrogens with zero attached hydrogens (tertiary/aromatic N) is 1. The van der Waals surface area contributed by atoms with Crippen molar-refractivity contribution in [2.24, 2.45) is 5.92 Å². The normalized spacial score (nSPS) is 13.4. The molecule has 1 unspecified atom stereocenters. The fourth-order valence-corrected chi connectivity index (χ4v) is 1.75. The van der Waals surface area contributed by atoms with Crippen molar-refractivity contribution in [1.29, 1.82) is 0 Å². The summed E-state index contributed by atoms with van der Waals surface area (Å²) >= 11 is 0. The lowest BCUT2D eigenvalue weighted by Gasteiger charge is -2.25. The van der Waals surface area contributed by atoms with E-state index in [1.807, 2.05) is 0 Å². The molecule has 0 bridgehead atoms.